The molecule has 0 N–H and O–H groups in total. The second-order valence-corrected chi connectivity index (χ2v) is 8.97. The summed E-state index contributed by atoms with van der Waals surface area (Å²) in [4.78, 5) is 35.1. The minimum Gasteiger partial charge on any atom is -0.497 e. The van der Waals surface area contributed by atoms with E-state index in [0.29, 0.717) is 27.9 Å². The van der Waals surface area contributed by atoms with E-state index in [1.807, 2.05) is 25.1 Å². The van der Waals surface area contributed by atoms with Crippen LogP contribution in [-0.4, -0.2) is 42.0 Å². The van der Waals surface area contributed by atoms with E-state index < -0.39 is 0 Å². The Balaban J connectivity index is 1.70. The highest BCUT2D eigenvalue weighted by atomic mass is 32.2. The molecule has 6 nitrogen and oxygen atoms in total. The molecule has 0 spiro atoms. The van der Waals surface area contributed by atoms with Crippen LogP contribution in [0.25, 0.3) is 0 Å². The van der Waals surface area contributed by atoms with Gasteiger partial charge in [0.05, 0.1) is 18.5 Å². The van der Waals surface area contributed by atoms with Gasteiger partial charge in [-0.1, -0.05) is 11.8 Å². The van der Waals surface area contributed by atoms with E-state index in [4.69, 9.17) is 9.73 Å². The molecule has 4 rings (SSSR count). The summed E-state index contributed by atoms with van der Waals surface area (Å²) in [5.74, 6) is 0.772. The lowest BCUT2D eigenvalue weighted by Gasteiger charge is -2.19. The van der Waals surface area contributed by atoms with Gasteiger partial charge in [-0.25, -0.2) is 4.99 Å². The first kappa shape index (κ1) is 21.5. The number of ether oxygens (including phenoxy) is 1. The second-order valence-electron chi connectivity index (χ2n) is 6.96. The molecule has 160 valence electrons. The van der Waals surface area contributed by atoms with Crippen LogP contribution in [0.1, 0.15) is 31.1 Å². The van der Waals surface area contributed by atoms with E-state index >= 15 is 0 Å². The van der Waals surface area contributed by atoms with Gasteiger partial charge in [-0.3, -0.25) is 14.5 Å². The number of ketones is 1. The molecule has 0 atom stereocenters. The predicted octanol–water partition coefficient (Wildman–Crippen LogP) is 5.28. The van der Waals surface area contributed by atoms with Crippen molar-refractivity contribution in [3.63, 3.8) is 0 Å². The lowest BCUT2D eigenvalue weighted by Crippen LogP contribution is -2.29. The number of likely N-dealkylation sites (N-methyl/N-ethyl adjacent to an activating group) is 1. The molecule has 8 heteroatoms. The highest BCUT2D eigenvalue weighted by Crippen LogP contribution is 2.51. The first-order valence-electron chi connectivity index (χ1n) is 10.0. The molecule has 2 aliphatic rings. The molecule has 0 aliphatic carbocycles. The molecule has 1 saturated heterocycles. The maximum atomic E-state index is 13.3. The molecule has 1 fully saturated rings. The van der Waals surface area contributed by atoms with Crippen molar-refractivity contribution < 1.29 is 14.3 Å². The monoisotopic (exact) mass is 453 g/mol. The highest BCUT2D eigenvalue weighted by Gasteiger charge is 2.39. The van der Waals surface area contributed by atoms with E-state index in [2.05, 4.69) is 11.8 Å². The Morgan fingerprint density at radius 3 is 2.35 bits per heavy atom. The third kappa shape index (κ3) is 3.97. The minimum absolute atomic E-state index is 0.0148. The number of carbonyl (C=O) groups excluding carboxylic acids is 2. The van der Waals surface area contributed by atoms with Crippen LogP contribution in [0.4, 0.5) is 11.4 Å². The zero-order valence-electron chi connectivity index (χ0n) is 17.8. The summed E-state index contributed by atoms with van der Waals surface area (Å²) >= 11 is 3.00. The van der Waals surface area contributed by atoms with E-state index in [1.165, 1.54) is 18.7 Å². The Hall–Kier alpha value is -2.71. The molecule has 0 radical (unpaired) electrons. The first-order valence-corrected chi connectivity index (χ1v) is 11.7. The van der Waals surface area contributed by atoms with E-state index in [0.717, 1.165) is 27.9 Å². The summed E-state index contributed by atoms with van der Waals surface area (Å²) in [7, 11) is 1.65. The molecule has 2 heterocycles. The van der Waals surface area contributed by atoms with Crippen LogP contribution >= 0.6 is 23.5 Å². The van der Waals surface area contributed by atoms with Gasteiger partial charge in [0, 0.05) is 29.6 Å². The number of amides is 1. The topological polar surface area (TPSA) is 62.2 Å². The van der Waals surface area contributed by atoms with Gasteiger partial charge in [0.2, 0.25) is 0 Å². The number of Topliss-reactive ketones (excluding diaryl/α,β-unsaturated/α-hetero) is 1. The lowest BCUT2D eigenvalue weighted by atomic mass is 10.1. The predicted molar refractivity (Wildman–Crippen MR) is 127 cm³/mol. The number of methoxy groups -OCH3 is 1. The summed E-state index contributed by atoms with van der Waals surface area (Å²) in [5.41, 5.74) is 2.41. The fraction of sp³-hybridized carbons (Fsp3) is 0.261. The SMILES string of the molecule is CCN1C(=O)/C(=C2/Sc3ccc(OC)cc3N2CC)SC1=Nc1ccc(C(C)=O)cc1. The third-order valence-electron chi connectivity index (χ3n) is 5.10. The van der Waals surface area contributed by atoms with Gasteiger partial charge in [0.1, 0.15) is 15.7 Å². The largest absolute Gasteiger partial charge is 0.497 e. The minimum atomic E-state index is -0.0349. The molecule has 0 unspecified atom stereocenters. The Kier molecular flexibility index (Phi) is 6.11. The number of amidine groups is 1. The number of thioether (sulfide) groups is 2. The first-order chi connectivity index (χ1) is 15.0. The molecule has 0 bridgehead atoms. The van der Waals surface area contributed by atoms with Crippen LogP contribution < -0.4 is 9.64 Å². The average Bonchev–Trinajstić information content (AvgIpc) is 3.29. The van der Waals surface area contributed by atoms with Crippen LogP contribution in [0.5, 0.6) is 5.75 Å². The van der Waals surface area contributed by atoms with Gasteiger partial charge >= 0.3 is 0 Å². The Morgan fingerprint density at radius 2 is 1.74 bits per heavy atom. The number of hydrogen-bond acceptors (Lipinski definition) is 7. The summed E-state index contributed by atoms with van der Waals surface area (Å²) < 4.78 is 5.38. The van der Waals surface area contributed by atoms with Gasteiger partial charge in [-0.2, -0.15) is 0 Å². The number of aliphatic imine (C=N–C) groups is 1. The van der Waals surface area contributed by atoms with Crippen molar-refractivity contribution in [2.24, 2.45) is 4.99 Å². The number of anilines is 1. The highest BCUT2D eigenvalue weighted by molar-refractivity contribution is 8.19. The van der Waals surface area contributed by atoms with Gasteiger partial charge in [-0.05, 0) is 68.9 Å². The number of fused-ring (bicyclic) bond motifs is 1. The van der Waals surface area contributed by atoms with Crippen LogP contribution in [0, 0.1) is 0 Å². The fourth-order valence-electron chi connectivity index (χ4n) is 3.45. The maximum absolute atomic E-state index is 13.3. The molecule has 2 aromatic carbocycles. The van der Waals surface area contributed by atoms with Crippen LogP contribution in [0.15, 0.2) is 62.3 Å². The average molecular weight is 454 g/mol. The summed E-state index contributed by atoms with van der Waals surface area (Å²) in [6, 6.07) is 13.1. The summed E-state index contributed by atoms with van der Waals surface area (Å²) in [6.45, 7) is 6.83. The standard InChI is InChI=1S/C23H23N3O3S2/c1-5-25-18-13-17(29-4)11-12-19(18)30-22(25)20-21(28)26(6-2)23(31-20)24-16-9-7-15(8-10-16)14(3)27/h7-13H,5-6H2,1-4H3/b22-20-,24-23?. The van der Waals surface area contributed by atoms with Crippen LogP contribution in [0.2, 0.25) is 0 Å². The van der Waals surface area contributed by atoms with Crippen molar-refractivity contribution in [1.82, 2.24) is 4.90 Å². The van der Waals surface area contributed by atoms with Crippen molar-refractivity contribution in [2.45, 2.75) is 25.7 Å². The second kappa shape index (κ2) is 8.80. The number of hydrogen-bond donors (Lipinski definition) is 0. The molecule has 2 aliphatic heterocycles. The van der Waals surface area contributed by atoms with Crippen molar-refractivity contribution >= 4 is 51.8 Å². The van der Waals surface area contributed by atoms with Crippen molar-refractivity contribution in [3.05, 3.63) is 58.0 Å². The van der Waals surface area contributed by atoms with Gasteiger partial charge in [0.15, 0.2) is 11.0 Å². The summed E-state index contributed by atoms with van der Waals surface area (Å²) in [5, 5.41) is 1.58. The Bertz CT molecular complexity index is 1110. The molecule has 1 amide bonds. The van der Waals surface area contributed by atoms with Gasteiger partial charge < -0.3 is 9.64 Å². The molecular formula is C23H23N3O3S2. The summed E-state index contributed by atoms with van der Waals surface area (Å²) in [6.07, 6.45) is 0. The van der Waals surface area contributed by atoms with Crippen LogP contribution in [-0.2, 0) is 4.79 Å². The van der Waals surface area contributed by atoms with Crippen molar-refractivity contribution in [2.75, 3.05) is 25.1 Å². The quantitative estimate of drug-likeness (QED) is 0.453. The van der Waals surface area contributed by atoms with Crippen LogP contribution in [0.3, 0.4) is 0 Å². The number of rotatable bonds is 5. The van der Waals surface area contributed by atoms with Gasteiger partial charge in [0.25, 0.3) is 5.91 Å². The number of carbonyl (C=O) groups is 2. The van der Waals surface area contributed by atoms with E-state index in [1.54, 1.807) is 48.0 Å². The molecule has 0 saturated carbocycles. The molecular weight excluding hydrogens is 430 g/mol. The third-order valence-corrected chi connectivity index (χ3v) is 7.48. The Labute approximate surface area is 190 Å². The fourth-order valence-corrected chi connectivity index (χ4v) is 5.89. The smallest absolute Gasteiger partial charge is 0.269 e. The zero-order chi connectivity index (χ0) is 22.1. The van der Waals surface area contributed by atoms with Gasteiger partial charge in [-0.15, -0.1) is 0 Å². The molecule has 2 aromatic rings. The zero-order valence-corrected chi connectivity index (χ0v) is 19.5. The maximum Gasteiger partial charge on any atom is 0.269 e. The van der Waals surface area contributed by atoms with E-state index in [9.17, 15) is 9.59 Å². The number of nitrogens with zero attached hydrogens (tertiary/aromatic N) is 3. The molecule has 0 aromatic heterocycles. The number of benzene rings is 2. The van der Waals surface area contributed by atoms with Crippen molar-refractivity contribution in [3.8, 4) is 5.75 Å². The Morgan fingerprint density at radius 1 is 1.03 bits per heavy atom. The van der Waals surface area contributed by atoms with Crippen molar-refractivity contribution in [1.29, 1.82) is 0 Å². The van der Waals surface area contributed by atoms with E-state index in [-0.39, 0.29) is 11.7 Å². The lowest BCUT2D eigenvalue weighted by molar-refractivity contribution is -0.122. The normalized spacial score (nSPS) is 19.4. The molecule has 31 heavy (non-hydrogen) atoms.